The summed E-state index contributed by atoms with van der Waals surface area (Å²) in [6.07, 6.45) is 4.14. The minimum Gasteiger partial charge on any atom is -0.374 e. The third kappa shape index (κ3) is 1.84. The highest BCUT2D eigenvalue weighted by Crippen LogP contribution is 2.47. The van der Waals surface area contributed by atoms with Crippen LogP contribution in [0.5, 0.6) is 0 Å². The first kappa shape index (κ1) is 14.5. The molecule has 2 fully saturated rings. The molecule has 3 aliphatic rings. The number of fused-ring (bicyclic) bond motifs is 1. The van der Waals surface area contributed by atoms with Gasteiger partial charge in [-0.25, -0.2) is 0 Å². The van der Waals surface area contributed by atoms with Crippen molar-refractivity contribution >= 4 is 17.3 Å². The average molecular weight is 310 g/mol. The van der Waals surface area contributed by atoms with E-state index < -0.39 is 23.1 Å². The zero-order valence-corrected chi connectivity index (χ0v) is 12.8. The number of rotatable bonds is 1. The van der Waals surface area contributed by atoms with Crippen molar-refractivity contribution in [2.45, 2.75) is 44.1 Å². The van der Waals surface area contributed by atoms with Crippen molar-refractivity contribution in [3.8, 4) is 0 Å². The van der Waals surface area contributed by atoms with E-state index in [4.69, 9.17) is 0 Å². The number of hydrogen-bond acceptors (Lipinski definition) is 4. The Morgan fingerprint density at radius 3 is 2.13 bits per heavy atom. The molecule has 118 valence electrons. The lowest BCUT2D eigenvalue weighted by Gasteiger charge is -2.28. The Hall–Kier alpha value is -2.07. The Bertz CT molecular complexity index is 736. The Kier molecular flexibility index (Phi) is 3.13. The topological polar surface area (TPSA) is 71.4 Å². The molecule has 4 nitrogen and oxygen atoms in total. The molecular weight excluding hydrogens is 292 g/mol. The second kappa shape index (κ2) is 4.96. The van der Waals surface area contributed by atoms with Crippen LogP contribution in [-0.2, 0) is 4.79 Å². The van der Waals surface area contributed by atoms with Gasteiger partial charge in [-0.3, -0.25) is 14.4 Å². The fourth-order valence-electron chi connectivity index (χ4n) is 4.43. The molecule has 0 amide bonds. The lowest BCUT2D eigenvalue weighted by atomic mass is 9.78. The van der Waals surface area contributed by atoms with Crippen LogP contribution in [0.3, 0.4) is 0 Å². The van der Waals surface area contributed by atoms with Crippen molar-refractivity contribution in [1.82, 2.24) is 0 Å². The van der Waals surface area contributed by atoms with E-state index in [2.05, 4.69) is 0 Å². The molecular formula is C19H18O4. The van der Waals surface area contributed by atoms with Gasteiger partial charge in [-0.2, -0.15) is 0 Å². The fraction of sp³-hybridized carbons (Fsp3) is 0.421. The summed E-state index contributed by atoms with van der Waals surface area (Å²) >= 11 is 0. The largest absolute Gasteiger partial charge is 0.374 e. The number of carbonyl (C=O) groups excluding carboxylic acids is 3. The number of benzene rings is 1. The van der Waals surface area contributed by atoms with Crippen LogP contribution in [0.1, 0.15) is 59.2 Å². The molecule has 0 heterocycles. The summed E-state index contributed by atoms with van der Waals surface area (Å²) in [5.74, 6) is -1.44. The molecule has 1 unspecified atom stereocenters. The predicted octanol–water partition coefficient (Wildman–Crippen LogP) is 2.65. The van der Waals surface area contributed by atoms with Gasteiger partial charge in [-0.15, -0.1) is 0 Å². The van der Waals surface area contributed by atoms with Crippen LogP contribution in [-0.4, -0.2) is 28.1 Å². The van der Waals surface area contributed by atoms with Gasteiger partial charge in [-0.05, 0) is 37.7 Å². The molecule has 1 atom stereocenters. The van der Waals surface area contributed by atoms with E-state index in [1.54, 1.807) is 24.3 Å². The van der Waals surface area contributed by atoms with Gasteiger partial charge in [-0.1, -0.05) is 29.8 Å². The molecule has 1 aromatic rings. The van der Waals surface area contributed by atoms with Crippen molar-refractivity contribution in [2.75, 3.05) is 0 Å². The van der Waals surface area contributed by atoms with Gasteiger partial charge in [0.25, 0.3) is 0 Å². The van der Waals surface area contributed by atoms with Crippen molar-refractivity contribution in [3.63, 3.8) is 0 Å². The number of aliphatic hydroxyl groups is 1. The molecule has 1 aromatic carbocycles. The summed E-state index contributed by atoms with van der Waals surface area (Å²) in [6.45, 7) is 0. The number of Topliss-reactive ketones (excluding diaryl/α,β-unsaturated/α-hetero) is 3. The maximum absolute atomic E-state index is 12.8. The summed E-state index contributed by atoms with van der Waals surface area (Å²) < 4.78 is 0. The number of carbonyl (C=O) groups is 3. The minimum atomic E-state index is -2.02. The summed E-state index contributed by atoms with van der Waals surface area (Å²) in [5, 5.41) is 11.1. The second-order valence-electron chi connectivity index (χ2n) is 6.70. The van der Waals surface area contributed by atoms with Crippen LogP contribution in [0.4, 0.5) is 0 Å². The summed E-state index contributed by atoms with van der Waals surface area (Å²) in [7, 11) is 0. The molecule has 4 rings (SSSR count). The minimum absolute atomic E-state index is 0.117. The molecule has 0 spiro atoms. The normalized spacial score (nSPS) is 29.4. The van der Waals surface area contributed by atoms with Gasteiger partial charge in [0.2, 0.25) is 11.6 Å². The van der Waals surface area contributed by atoms with Crippen molar-refractivity contribution < 1.29 is 19.5 Å². The quantitative estimate of drug-likeness (QED) is 0.639. The summed E-state index contributed by atoms with van der Waals surface area (Å²) in [4.78, 5) is 37.7. The first-order valence-electron chi connectivity index (χ1n) is 8.21. The lowest BCUT2D eigenvalue weighted by Crippen LogP contribution is -2.48. The van der Waals surface area contributed by atoms with E-state index >= 15 is 0 Å². The van der Waals surface area contributed by atoms with Gasteiger partial charge in [0.15, 0.2) is 11.4 Å². The van der Waals surface area contributed by atoms with Crippen LogP contribution in [0, 0.1) is 5.92 Å². The highest BCUT2D eigenvalue weighted by molar-refractivity contribution is 6.32. The SMILES string of the molecule is O=C1CCC/C1=C1/CCCC1C1(O)C(=O)c2ccccc2C1=O. The third-order valence-corrected chi connectivity index (χ3v) is 5.53. The summed E-state index contributed by atoms with van der Waals surface area (Å²) in [6, 6.07) is 6.58. The molecule has 0 aromatic heterocycles. The summed E-state index contributed by atoms with van der Waals surface area (Å²) in [5.41, 5.74) is 0.191. The molecule has 2 saturated carbocycles. The Morgan fingerprint density at radius 1 is 0.913 bits per heavy atom. The highest BCUT2D eigenvalue weighted by atomic mass is 16.3. The number of ketones is 3. The van der Waals surface area contributed by atoms with Crippen molar-refractivity contribution in [1.29, 1.82) is 0 Å². The van der Waals surface area contributed by atoms with E-state index in [0.29, 0.717) is 36.8 Å². The lowest BCUT2D eigenvalue weighted by molar-refractivity contribution is -0.114. The monoisotopic (exact) mass is 310 g/mol. The molecule has 1 N–H and O–H groups in total. The molecule has 0 radical (unpaired) electrons. The standard InChI is InChI=1S/C19H18O4/c20-16-10-4-8-12(16)11-7-3-9-15(11)19(23)17(21)13-5-1-2-6-14(13)18(19)22/h1-2,5-6,15,23H,3-4,7-10H2/b12-11+. The zero-order chi connectivity index (χ0) is 16.2. The van der Waals surface area contributed by atoms with E-state index in [0.717, 1.165) is 24.0 Å². The Labute approximate surface area is 134 Å². The first-order chi connectivity index (χ1) is 11.0. The second-order valence-corrected chi connectivity index (χ2v) is 6.70. The third-order valence-electron chi connectivity index (χ3n) is 5.53. The van der Waals surface area contributed by atoms with E-state index in [1.807, 2.05) is 0 Å². The van der Waals surface area contributed by atoms with Crippen LogP contribution in [0.2, 0.25) is 0 Å². The van der Waals surface area contributed by atoms with Crippen LogP contribution in [0.15, 0.2) is 35.4 Å². The molecule has 0 saturated heterocycles. The molecule has 0 aliphatic heterocycles. The Balaban J connectivity index is 1.83. The first-order valence-corrected chi connectivity index (χ1v) is 8.21. The van der Waals surface area contributed by atoms with E-state index in [1.165, 1.54) is 0 Å². The molecule has 0 bridgehead atoms. The van der Waals surface area contributed by atoms with Crippen LogP contribution < -0.4 is 0 Å². The highest BCUT2D eigenvalue weighted by Gasteiger charge is 2.58. The average Bonchev–Trinajstić information content (AvgIpc) is 3.24. The maximum Gasteiger partial charge on any atom is 0.203 e. The number of allylic oxidation sites excluding steroid dienone is 1. The van der Waals surface area contributed by atoms with E-state index in [-0.39, 0.29) is 5.78 Å². The fourth-order valence-corrected chi connectivity index (χ4v) is 4.43. The zero-order valence-electron chi connectivity index (χ0n) is 12.8. The van der Waals surface area contributed by atoms with Gasteiger partial charge < -0.3 is 5.11 Å². The van der Waals surface area contributed by atoms with Gasteiger partial charge in [0, 0.05) is 23.5 Å². The van der Waals surface area contributed by atoms with E-state index in [9.17, 15) is 19.5 Å². The van der Waals surface area contributed by atoms with Crippen LogP contribution >= 0.6 is 0 Å². The smallest absolute Gasteiger partial charge is 0.203 e. The molecule has 3 aliphatic carbocycles. The van der Waals surface area contributed by atoms with Crippen molar-refractivity contribution in [3.05, 3.63) is 46.5 Å². The van der Waals surface area contributed by atoms with Gasteiger partial charge in [0.1, 0.15) is 0 Å². The van der Waals surface area contributed by atoms with Crippen LogP contribution in [0.25, 0.3) is 0 Å². The predicted molar refractivity (Wildman–Crippen MR) is 83.3 cm³/mol. The number of hydrogen-bond donors (Lipinski definition) is 1. The van der Waals surface area contributed by atoms with Crippen molar-refractivity contribution in [2.24, 2.45) is 5.92 Å². The maximum atomic E-state index is 12.8. The Morgan fingerprint density at radius 2 is 1.57 bits per heavy atom. The van der Waals surface area contributed by atoms with Gasteiger partial charge in [0.05, 0.1) is 0 Å². The molecule has 23 heavy (non-hydrogen) atoms. The molecule has 4 heteroatoms. The van der Waals surface area contributed by atoms with Gasteiger partial charge >= 0.3 is 0 Å².